The number of rotatable bonds is 10. The lowest BCUT2D eigenvalue weighted by molar-refractivity contribution is 0.0271. The van der Waals surface area contributed by atoms with Crippen LogP contribution in [0.5, 0.6) is 0 Å². The molecule has 3 aromatic rings. The van der Waals surface area contributed by atoms with Crippen LogP contribution in [0, 0.1) is 11.7 Å². The smallest absolute Gasteiger partial charge is 0.277 e. The van der Waals surface area contributed by atoms with Gasteiger partial charge < -0.3 is 15.2 Å². The van der Waals surface area contributed by atoms with Crippen LogP contribution >= 0.6 is 27.5 Å². The average molecular weight is 525 g/mol. The molecular weight excluding hydrogens is 501 g/mol. The Hall–Kier alpha value is -2.20. The minimum Gasteiger partial charge on any atom is -0.351 e. The number of anilines is 2. The SMILES string of the molecule is CNCCCn1cnc2c(F)c(Nc3ccc(Br)cc3Cl)c(C(=O)NOCC3CC3)cc21. The zero-order valence-electron chi connectivity index (χ0n) is 17.6. The maximum atomic E-state index is 15.6. The molecule has 1 aromatic heterocycles. The van der Waals surface area contributed by atoms with Crippen molar-refractivity contribution in [1.29, 1.82) is 0 Å². The number of halogens is 3. The van der Waals surface area contributed by atoms with Crippen molar-refractivity contribution >= 4 is 55.8 Å². The van der Waals surface area contributed by atoms with Gasteiger partial charge in [-0.2, -0.15) is 0 Å². The van der Waals surface area contributed by atoms with E-state index in [4.69, 9.17) is 16.4 Å². The number of nitrogens with zero attached hydrogens (tertiary/aromatic N) is 2. The predicted molar refractivity (Wildman–Crippen MR) is 127 cm³/mol. The van der Waals surface area contributed by atoms with E-state index in [1.54, 1.807) is 30.6 Å². The number of carbonyl (C=O) groups excluding carboxylic acids is 1. The Morgan fingerprint density at radius 3 is 2.91 bits per heavy atom. The molecule has 4 rings (SSSR count). The van der Waals surface area contributed by atoms with Crippen molar-refractivity contribution < 1.29 is 14.0 Å². The van der Waals surface area contributed by atoms with Crippen molar-refractivity contribution in [3.05, 3.63) is 51.5 Å². The molecule has 0 bridgehead atoms. The van der Waals surface area contributed by atoms with Gasteiger partial charge >= 0.3 is 0 Å². The van der Waals surface area contributed by atoms with E-state index < -0.39 is 11.7 Å². The summed E-state index contributed by atoms with van der Waals surface area (Å²) in [6.45, 7) is 1.90. The fraction of sp³-hybridized carbons (Fsp3) is 0.364. The van der Waals surface area contributed by atoms with Crippen LogP contribution in [0.15, 0.2) is 35.1 Å². The molecule has 2 aromatic carbocycles. The van der Waals surface area contributed by atoms with E-state index in [0.717, 1.165) is 30.3 Å². The largest absolute Gasteiger partial charge is 0.351 e. The first-order valence-electron chi connectivity index (χ1n) is 10.4. The summed E-state index contributed by atoms with van der Waals surface area (Å²) in [5.74, 6) is -0.686. The number of hydrogen-bond donors (Lipinski definition) is 3. The van der Waals surface area contributed by atoms with Gasteiger partial charge in [0.2, 0.25) is 0 Å². The van der Waals surface area contributed by atoms with Crippen molar-refractivity contribution in [2.24, 2.45) is 5.92 Å². The summed E-state index contributed by atoms with van der Waals surface area (Å²) in [4.78, 5) is 22.6. The van der Waals surface area contributed by atoms with Crippen LogP contribution in [0.4, 0.5) is 15.8 Å². The second-order valence-electron chi connectivity index (χ2n) is 7.81. The van der Waals surface area contributed by atoms with Crippen molar-refractivity contribution in [3.63, 3.8) is 0 Å². The van der Waals surface area contributed by atoms with Crippen LogP contribution in [-0.2, 0) is 11.4 Å². The topological polar surface area (TPSA) is 80.2 Å². The third-order valence-electron chi connectivity index (χ3n) is 5.30. The minimum atomic E-state index is -0.624. The van der Waals surface area contributed by atoms with Gasteiger partial charge in [-0.25, -0.2) is 14.9 Å². The Morgan fingerprint density at radius 1 is 1.38 bits per heavy atom. The van der Waals surface area contributed by atoms with E-state index in [9.17, 15) is 4.79 Å². The summed E-state index contributed by atoms with van der Waals surface area (Å²) in [7, 11) is 1.88. The summed E-state index contributed by atoms with van der Waals surface area (Å²) in [5, 5.41) is 6.45. The third-order valence-corrected chi connectivity index (χ3v) is 6.10. The molecule has 1 heterocycles. The van der Waals surface area contributed by atoms with Gasteiger partial charge in [-0.1, -0.05) is 27.5 Å². The normalized spacial score (nSPS) is 13.5. The van der Waals surface area contributed by atoms with Crippen LogP contribution in [0.1, 0.15) is 29.6 Å². The maximum Gasteiger partial charge on any atom is 0.277 e. The zero-order chi connectivity index (χ0) is 22.7. The second-order valence-corrected chi connectivity index (χ2v) is 9.13. The number of carbonyl (C=O) groups is 1. The van der Waals surface area contributed by atoms with Gasteiger partial charge in [0, 0.05) is 11.0 Å². The molecule has 0 atom stereocenters. The molecular formula is C22H24BrClFN5O2. The van der Waals surface area contributed by atoms with Gasteiger partial charge in [-0.15, -0.1) is 0 Å². The van der Waals surface area contributed by atoms with Gasteiger partial charge in [-0.05, 0) is 63.0 Å². The molecule has 170 valence electrons. The lowest BCUT2D eigenvalue weighted by atomic mass is 10.1. The number of hydrogen-bond acceptors (Lipinski definition) is 5. The summed E-state index contributed by atoms with van der Waals surface area (Å²) in [6, 6.07) is 6.81. The zero-order valence-corrected chi connectivity index (χ0v) is 19.9. The molecule has 1 aliphatic rings. The van der Waals surface area contributed by atoms with E-state index in [-0.39, 0.29) is 16.8 Å². The fourth-order valence-electron chi connectivity index (χ4n) is 3.35. The molecule has 10 heteroatoms. The molecule has 0 spiro atoms. The quantitative estimate of drug-likeness (QED) is 0.256. The molecule has 3 N–H and O–H groups in total. The number of imidazole rings is 1. The summed E-state index contributed by atoms with van der Waals surface area (Å²) in [5.41, 5.74) is 3.75. The maximum absolute atomic E-state index is 15.6. The number of aryl methyl sites for hydroxylation is 1. The van der Waals surface area contributed by atoms with Gasteiger partial charge in [0.05, 0.1) is 40.4 Å². The number of amides is 1. The minimum absolute atomic E-state index is 0.00489. The molecule has 0 aliphatic heterocycles. The predicted octanol–water partition coefficient (Wildman–Crippen LogP) is 5.02. The van der Waals surface area contributed by atoms with E-state index >= 15 is 4.39 Å². The van der Waals surface area contributed by atoms with E-state index in [1.165, 1.54) is 0 Å². The summed E-state index contributed by atoms with van der Waals surface area (Å²) < 4.78 is 18.3. The van der Waals surface area contributed by atoms with Crippen LogP contribution in [0.3, 0.4) is 0 Å². The highest BCUT2D eigenvalue weighted by atomic mass is 79.9. The lowest BCUT2D eigenvalue weighted by Gasteiger charge is -2.16. The summed E-state index contributed by atoms with van der Waals surface area (Å²) >= 11 is 9.67. The van der Waals surface area contributed by atoms with Crippen molar-refractivity contribution in [2.45, 2.75) is 25.8 Å². The van der Waals surface area contributed by atoms with E-state index in [1.807, 2.05) is 11.6 Å². The molecule has 0 unspecified atom stereocenters. The first-order chi connectivity index (χ1) is 15.5. The highest BCUT2D eigenvalue weighted by Gasteiger charge is 2.25. The first kappa shape index (κ1) is 23.0. The average Bonchev–Trinajstić information content (AvgIpc) is 3.50. The van der Waals surface area contributed by atoms with E-state index in [0.29, 0.717) is 35.3 Å². The van der Waals surface area contributed by atoms with Gasteiger partial charge in [0.1, 0.15) is 5.52 Å². The third kappa shape index (κ3) is 5.23. The molecule has 7 nitrogen and oxygen atoms in total. The molecule has 1 saturated carbocycles. The van der Waals surface area contributed by atoms with Crippen LogP contribution in [0.25, 0.3) is 11.0 Å². The van der Waals surface area contributed by atoms with Gasteiger partial charge in [0.15, 0.2) is 5.82 Å². The molecule has 0 radical (unpaired) electrons. The molecule has 1 aliphatic carbocycles. The molecule has 32 heavy (non-hydrogen) atoms. The molecule has 1 amide bonds. The Labute approximate surface area is 198 Å². The van der Waals surface area contributed by atoms with Crippen molar-refractivity contribution in [2.75, 3.05) is 25.5 Å². The van der Waals surface area contributed by atoms with Crippen LogP contribution in [0.2, 0.25) is 5.02 Å². The number of benzene rings is 2. The second kappa shape index (κ2) is 10.2. The Morgan fingerprint density at radius 2 is 2.19 bits per heavy atom. The molecule has 1 fully saturated rings. The number of hydroxylamine groups is 1. The van der Waals surface area contributed by atoms with Gasteiger partial charge in [0.25, 0.3) is 5.91 Å². The fourth-order valence-corrected chi connectivity index (χ4v) is 4.07. The van der Waals surface area contributed by atoms with Gasteiger partial charge in [-0.3, -0.25) is 9.63 Å². The van der Waals surface area contributed by atoms with Crippen LogP contribution < -0.4 is 16.1 Å². The Kier molecular flexibility index (Phi) is 7.30. The van der Waals surface area contributed by atoms with Crippen molar-refractivity contribution in [3.8, 4) is 0 Å². The monoisotopic (exact) mass is 523 g/mol. The summed E-state index contributed by atoms with van der Waals surface area (Å²) in [6.07, 6.45) is 4.61. The number of aromatic nitrogens is 2. The van der Waals surface area contributed by atoms with Crippen molar-refractivity contribution in [1.82, 2.24) is 20.3 Å². The first-order valence-corrected chi connectivity index (χ1v) is 11.6. The highest BCUT2D eigenvalue weighted by Crippen LogP contribution is 2.34. The lowest BCUT2D eigenvalue weighted by Crippen LogP contribution is -2.26. The Bertz CT molecular complexity index is 1140. The molecule has 0 saturated heterocycles. The number of nitrogens with one attached hydrogen (secondary N) is 3. The van der Waals surface area contributed by atoms with Crippen LogP contribution in [-0.4, -0.2) is 35.7 Å². The van der Waals surface area contributed by atoms with E-state index in [2.05, 4.69) is 37.0 Å². The number of fused-ring (bicyclic) bond motifs is 1. The highest BCUT2D eigenvalue weighted by molar-refractivity contribution is 9.10. The standard InChI is InChI=1S/C22H24BrClFN5O2/c1-26-7-2-8-30-12-27-21-18(30)10-15(22(31)29-32-11-13-3-4-13)20(19(21)25)28-17-6-5-14(23)9-16(17)24/h5-6,9-10,12-13,26,28H,2-4,7-8,11H2,1H3,(H,29,31). The Balaban J connectivity index is 1.71.